The molecule has 2 aliphatic heterocycles. The number of urea groups is 1. The van der Waals surface area contributed by atoms with Gasteiger partial charge in [-0.3, -0.25) is 0 Å². The summed E-state index contributed by atoms with van der Waals surface area (Å²) in [5.41, 5.74) is 0. The van der Waals surface area contributed by atoms with E-state index in [0.29, 0.717) is 19.7 Å². The summed E-state index contributed by atoms with van der Waals surface area (Å²) in [7, 11) is 1.76. The molecule has 0 radical (unpaired) electrons. The van der Waals surface area contributed by atoms with E-state index in [1.807, 2.05) is 24.3 Å². The molecular weight excluding hydrogens is 284 g/mol. The topological polar surface area (TPSA) is 60.0 Å². The van der Waals surface area contributed by atoms with E-state index in [4.69, 9.17) is 14.2 Å². The highest BCUT2D eigenvalue weighted by atomic mass is 16.6. The van der Waals surface area contributed by atoms with Crippen molar-refractivity contribution in [3.63, 3.8) is 0 Å². The van der Waals surface area contributed by atoms with E-state index >= 15 is 0 Å². The fraction of sp³-hybridized carbons (Fsp3) is 0.562. The van der Waals surface area contributed by atoms with Gasteiger partial charge in [0.25, 0.3) is 0 Å². The second-order valence-corrected chi connectivity index (χ2v) is 5.70. The fourth-order valence-corrected chi connectivity index (χ4v) is 2.68. The van der Waals surface area contributed by atoms with Gasteiger partial charge in [-0.25, -0.2) is 4.79 Å². The largest absolute Gasteiger partial charge is 0.486 e. The molecule has 0 unspecified atom stereocenters. The first-order valence-electron chi connectivity index (χ1n) is 7.71. The van der Waals surface area contributed by atoms with E-state index in [9.17, 15) is 4.79 Å². The Kier molecular flexibility index (Phi) is 4.68. The number of nitrogens with zero attached hydrogens (tertiary/aromatic N) is 1. The lowest BCUT2D eigenvalue weighted by Gasteiger charge is -2.29. The number of rotatable bonds is 4. The molecule has 3 rings (SSSR count). The first-order chi connectivity index (χ1) is 10.7. The first-order valence-corrected chi connectivity index (χ1v) is 7.71. The van der Waals surface area contributed by atoms with Crippen LogP contribution in [0.15, 0.2) is 24.3 Å². The van der Waals surface area contributed by atoms with Gasteiger partial charge >= 0.3 is 6.03 Å². The monoisotopic (exact) mass is 306 g/mol. The molecule has 1 saturated heterocycles. The summed E-state index contributed by atoms with van der Waals surface area (Å²) < 4.78 is 17.0. The number of benzene rings is 1. The van der Waals surface area contributed by atoms with Gasteiger partial charge in [-0.05, 0) is 25.0 Å². The van der Waals surface area contributed by atoms with Crippen LogP contribution in [0.5, 0.6) is 11.5 Å². The van der Waals surface area contributed by atoms with Crippen LogP contribution in [0.2, 0.25) is 0 Å². The zero-order chi connectivity index (χ0) is 15.4. The number of fused-ring (bicyclic) bond motifs is 1. The summed E-state index contributed by atoms with van der Waals surface area (Å²) in [5, 5.41) is 2.90. The zero-order valence-electron chi connectivity index (χ0n) is 12.8. The van der Waals surface area contributed by atoms with Crippen LogP contribution in [-0.2, 0) is 4.74 Å². The highest BCUT2D eigenvalue weighted by molar-refractivity contribution is 5.73. The summed E-state index contributed by atoms with van der Waals surface area (Å²) in [6.07, 6.45) is 2.08. The normalized spacial score (nSPS) is 23.1. The lowest BCUT2D eigenvalue weighted by atomic mass is 10.2. The molecule has 1 aromatic carbocycles. The molecule has 1 aromatic rings. The van der Waals surface area contributed by atoms with Crippen LogP contribution in [0.1, 0.15) is 12.8 Å². The molecule has 6 heteroatoms. The molecule has 120 valence electrons. The van der Waals surface area contributed by atoms with E-state index < -0.39 is 0 Å². The molecule has 0 bridgehead atoms. The van der Waals surface area contributed by atoms with Crippen molar-refractivity contribution in [2.75, 3.05) is 33.4 Å². The van der Waals surface area contributed by atoms with Crippen molar-refractivity contribution >= 4 is 6.03 Å². The number of hydrogen-bond acceptors (Lipinski definition) is 4. The Balaban J connectivity index is 1.45. The third-order valence-corrected chi connectivity index (χ3v) is 3.90. The highest BCUT2D eigenvalue weighted by Gasteiger charge is 2.24. The van der Waals surface area contributed by atoms with Gasteiger partial charge in [0.1, 0.15) is 6.61 Å². The van der Waals surface area contributed by atoms with Crippen LogP contribution in [0.3, 0.4) is 0 Å². The molecule has 6 nitrogen and oxygen atoms in total. The maximum atomic E-state index is 12.1. The molecule has 1 N–H and O–H groups in total. The van der Waals surface area contributed by atoms with E-state index in [1.54, 1.807) is 11.9 Å². The fourth-order valence-electron chi connectivity index (χ4n) is 2.68. The maximum Gasteiger partial charge on any atom is 0.317 e. The second kappa shape index (κ2) is 6.87. The molecule has 2 atom stereocenters. The van der Waals surface area contributed by atoms with Crippen LogP contribution < -0.4 is 14.8 Å². The molecule has 1 fully saturated rings. The zero-order valence-corrected chi connectivity index (χ0v) is 12.8. The summed E-state index contributed by atoms with van der Waals surface area (Å²) >= 11 is 0. The minimum absolute atomic E-state index is 0.113. The maximum absolute atomic E-state index is 12.1. The van der Waals surface area contributed by atoms with E-state index in [1.165, 1.54) is 0 Å². The van der Waals surface area contributed by atoms with Gasteiger partial charge in [0.15, 0.2) is 17.6 Å². The van der Waals surface area contributed by atoms with Crippen molar-refractivity contribution in [3.8, 4) is 11.5 Å². The van der Waals surface area contributed by atoms with Gasteiger partial charge in [0, 0.05) is 20.2 Å². The number of hydrogen-bond donors (Lipinski definition) is 1. The minimum Gasteiger partial charge on any atom is -0.486 e. The third kappa shape index (κ3) is 3.62. The smallest absolute Gasteiger partial charge is 0.317 e. The van der Waals surface area contributed by atoms with Crippen LogP contribution in [-0.4, -0.2) is 56.5 Å². The van der Waals surface area contributed by atoms with Crippen molar-refractivity contribution in [1.29, 1.82) is 0 Å². The van der Waals surface area contributed by atoms with Crippen molar-refractivity contribution in [1.82, 2.24) is 10.2 Å². The predicted molar refractivity (Wildman–Crippen MR) is 81.4 cm³/mol. The Morgan fingerprint density at radius 1 is 1.32 bits per heavy atom. The summed E-state index contributed by atoms with van der Waals surface area (Å²) in [5.74, 6) is 1.48. The lowest BCUT2D eigenvalue weighted by Crippen LogP contribution is -2.46. The number of ether oxygens (including phenoxy) is 3. The molecule has 0 saturated carbocycles. The molecule has 0 aromatic heterocycles. The van der Waals surface area contributed by atoms with Gasteiger partial charge in [-0.1, -0.05) is 12.1 Å². The summed E-state index contributed by atoms with van der Waals surface area (Å²) in [6.45, 7) is 2.28. The molecule has 0 aliphatic carbocycles. The molecule has 2 amide bonds. The Hall–Kier alpha value is -1.95. The van der Waals surface area contributed by atoms with Crippen molar-refractivity contribution < 1.29 is 19.0 Å². The van der Waals surface area contributed by atoms with Crippen LogP contribution in [0.4, 0.5) is 4.79 Å². The number of carbonyl (C=O) groups is 1. The van der Waals surface area contributed by atoms with Gasteiger partial charge in [0.2, 0.25) is 0 Å². The van der Waals surface area contributed by atoms with Gasteiger partial charge in [0.05, 0.1) is 12.6 Å². The van der Waals surface area contributed by atoms with Gasteiger partial charge in [-0.15, -0.1) is 0 Å². The van der Waals surface area contributed by atoms with Crippen molar-refractivity contribution in [2.45, 2.75) is 25.0 Å². The van der Waals surface area contributed by atoms with E-state index in [-0.39, 0.29) is 18.2 Å². The van der Waals surface area contributed by atoms with E-state index in [0.717, 1.165) is 30.9 Å². The number of carbonyl (C=O) groups excluding carboxylic acids is 1. The second-order valence-electron chi connectivity index (χ2n) is 5.70. The SMILES string of the molecule is CN(C[C@H]1COc2ccccc2O1)C(=O)NC[C@H]1CCCO1. The Morgan fingerprint density at radius 3 is 2.91 bits per heavy atom. The third-order valence-electron chi connectivity index (χ3n) is 3.90. The molecule has 2 aliphatic rings. The van der Waals surface area contributed by atoms with Crippen LogP contribution >= 0.6 is 0 Å². The number of amides is 2. The number of nitrogens with one attached hydrogen (secondary N) is 1. The average Bonchev–Trinajstić information content (AvgIpc) is 3.06. The molecule has 0 spiro atoms. The summed E-state index contributed by atoms with van der Waals surface area (Å²) in [4.78, 5) is 13.7. The van der Waals surface area contributed by atoms with E-state index in [2.05, 4.69) is 5.32 Å². The Labute approximate surface area is 130 Å². The Bertz CT molecular complexity index is 517. The quantitative estimate of drug-likeness (QED) is 0.919. The highest BCUT2D eigenvalue weighted by Crippen LogP contribution is 2.30. The molecular formula is C16H22N2O4. The Morgan fingerprint density at radius 2 is 2.14 bits per heavy atom. The minimum atomic E-state index is -0.159. The van der Waals surface area contributed by atoms with Crippen molar-refractivity contribution in [2.24, 2.45) is 0 Å². The van der Waals surface area contributed by atoms with Crippen LogP contribution in [0, 0.1) is 0 Å². The summed E-state index contributed by atoms with van der Waals surface area (Å²) in [6, 6.07) is 7.45. The number of para-hydroxylation sites is 2. The number of likely N-dealkylation sites (N-methyl/N-ethyl adjacent to an activating group) is 1. The predicted octanol–water partition coefficient (Wildman–Crippen LogP) is 1.65. The van der Waals surface area contributed by atoms with Crippen molar-refractivity contribution in [3.05, 3.63) is 24.3 Å². The van der Waals surface area contributed by atoms with Gasteiger partial charge < -0.3 is 24.4 Å². The molecule has 22 heavy (non-hydrogen) atoms. The molecule has 2 heterocycles. The van der Waals surface area contributed by atoms with Gasteiger partial charge in [-0.2, -0.15) is 0 Å². The standard InChI is InChI=1S/C16H22N2O4/c1-18(16(19)17-9-12-5-4-8-20-12)10-13-11-21-14-6-2-3-7-15(14)22-13/h2-3,6-7,12-13H,4-5,8-11H2,1H3,(H,17,19)/t12-,13+/m1/s1. The average molecular weight is 306 g/mol. The van der Waals surface area contributed by atoms with Crippen LogP contribution in [0.25, 0.3) is 0 Å². The lowest BCUT2D eigenvalue weighted by molar-refractivity contribution is 0.0702. The first kappa shape index (κ1) is 15.0.